The van der Waals surface area contributed by atoms with Gasteiger partial charge in [-0.05, 0) is 36.8 Å². The third kappa shape index (κ3) is 5.02. The molecule has 2 rings (SSSR count). The molecule has 0 fully saturated rings. The number of nitrogens with one attached hydrogen (secondary N) is 1. The highest BCUT2D eigenvalue weighted by Crippen LogP contribution is 2.26. The minimum absolute atomic E-state index is 0.189. The number of nitrogens with zero attached hydrogens (tertiary/aromatic N) is 1. The zero-order chi connectivity index (χ0) is 20.9. The fraction of sp³-hybridized carbons (Fsp3) is 0.263. The Morgan fingerprint density at radius 3 is 2.36 bits per heavy atom. The van der Waals surface area contributed by atoms with E-state index in [2.05, 4.69) is 10.1 Å². The molecular weight excluding hydrogens is 404 g/mol. The Morgan fingerprint density at radius 2 is 1.82 bits per heavy atom. The molecule has 7 nitrogen and oxygen atoms in total. The molecule has 0 aliphatic carbocycles. The number of benzene rings is 2. The number of carbonyl (C=O) groups excluding carboxylic acids is 2. The molecule has 0 heterocycles. The Balaban J connectivity index is 2.39. The highest BCUT2D eigenvalue weighted by Gasteiger charge is 2.31. The van der Waals surface area contributed by atoms with Crippen LogP contribution in [0, 0.1) is 0 Å². The lowest BCUT2D eigenvalue weighted by Crippen LogP contribution is -2.47. The summed E-state index contributed by atoms with van der Waals surface area (Å²) in [7, 11) is -2.49. The summed E-state index contributed by atoms with van der Waals surface area (Å²) in [6.45, 7) is 1.71. The molecular formula is C19H21ClN2O5S. The molecule has 0 saturated carbocycles. The third-order valence-electron chi connectivity index (χ3n) is 3.99. The summed E-state index contributed by atoms with van der Waals surface area (Å²) in [4.78, 5) is 24.6. The molecule has 1 atom stereocenters. The van der Waals surface area contributed by atoms with E-state index in [1.807, 2.05) is 0 Å². The fourth-order valence-electron chi connectivity index (χ4n) is 2.72. The number of esters is 1. The van der Waals surface area contributed by atoms with Gasteiger partial charge >= 0.3 is 5.97 Å². The number of hydrogen-bond donors (Lipinski definition) is 1. The summed E-state index contributed by atoms with van der Waals surface area (Å²) in [6.07, 6.45) is 1.27. The number of sulfonamides is 1. The van der Waals surface area contributed by atoms with E-state index >= 15 is 0 Å². The van der Waals surface area contributed by atoms with Gasteiger partial charge in [-0.2, -0.15) is 0 Å². The first-order valence-corrected chi connectivity index (χ1v) is 10.6. The van der Waals surface area contributed by atoms with Crippen LogP contribution in [0.2, 0.25) is 5.02 Å². The highest BCUT2D eigenvalue weighted by atomic mass is 35.5. The molecule has 9 heteroatoms. The van der Waals surface area contributed by atoms with Gasteiger partial charge < -0.3 is 10.1 Å². The van der Waals surface area contributed by atoms with Gasteiger partial charge in [-0.3, -0.25) is 9.10 Å². The second-order valence-electron chi connectivity index (χ2n) is 5.99. The number of rotatable bonds is 7. The van der Waals surface area contributed by atoms with E-state index in [9.17, 15) is 18.0 Å². The zero-order valence-corrected chi connectivity index (χ0v) is 17.3. The number of anilines is 2. The number of methoxy groups -OCH3 is 1. The molecule has 2 aromatic carbocycles. The van der Waals surface area contributed by atoms with E-state index in [1.165, 1.54) is 25.3 Å². The molecule has 0 saturated heterocycles. The van der Waals surface area contributed by atoms with Gasteiger partial charge in [0.05, 0.1) is 35.3 Å². The van der Waals surface area contributed by atoms with E-state index in [4.69, 9.17) is 11.6 Å². The molecule has 1 amide bonds. The minimum atomic E-state index is -3.74. The van der Waals surface area contributed by atoms with Crippen LogP contribution in [0.5, 0.6) is 0 Å². The quantitative estimate of drug-likeness (QED) is 0.688. The van der Waals surface area contributed by atoms with Gasteiger partial charge in [0.1, 0.15) is 6.04 Å². The predicted octanol–water partition coefficient (Wildman–Crippen LogP) is 3.31. The van der Waals surface area contributed by atoms with Crippen LogP contribution in [0.1, 0.15) is 23.7 Å². The average Bonchev–Trinajstić information content (AvgIpc) is 2.66. The van der Waals surface area contributed by atoms with Gasteiger partial charge in [0, 0.05) is 0 Å². The van der Waals surface area contributed by atoms with E-state index in [0.29, 0.717) is 5.69 Å². The average molecular weight is 425 g/mol. The van der Waals surface area contributed by atoms with Crippen LogP contribution >= 0.6 is 11.6 Å². The van der Waals surface area contributed by atoms with Gasteiger partial charge in [0.15, 0.2) is 0 Å². The smallest absolute Gasteiger partial charge is 0.337 e. The Kier molecular flexibility index (Phi) is 7.04. The zero-order valence-electron chi connectivity index (χ0n) is 15.7. The van der Waals surface area contributed by atoms with Crippen molar-refractivity contribution in [2.45, 2.75) is 19.4 Å². The SMILES string of the molecule is CC[C@H](C(=O)Nc1cc(C(=O)OC)ccc1Cl)N(c1ccccc1)S(C)(=O)=O. The van der Waals surface area contributed by atoms with E-state index < -0.39 is 27.9 Å². The number of halogens is 1. The maximum atomic E-state index is 12.9. The van der Waals surface area contributed by atoms with Crippen molar-refractivity contribution in [1.29, 1.82) is 0 Å². The molecule has 1 N–H and O–H groups in total. The number of amides is 1. The maximum absolute atomic E-state index is 12.9. The summed E-state index contributed by atoms with van der Waals surface area (Å²) in [5.41, 5.74) is 0.772. The van der Waals surface area contributed by atoms with Crippen LogP contribution in [-0.4, -0.2) is 39.7 Å². The monoisotopic (exact) mass is 424 g/mol. The van der Waals surface area contributed by atoms with Crippen molar-refractivity contribution in [3.8, 4) is 0 Å². The van der Waals surface area contributed by atoms with Gasteiger partial charge in [-0.15, -0.1) is 0 Å². The van der Waals surface area contributed by atoms with Crippen LogP contribution in [-0.2, 0) is 19.6 Å². The Hall–Kier alpha value is -2.58. The highest BCUT2D eigenvalue weighted by molar-refractivity contribution is 7.92. The normalized spacial score (nSPS) is 12.1. The topological polar surface area (TPSA) is 92.8 Å². The minimum Gasteiger partial charge on any atom is -0.465 e. The van der Waals surface area contributed by atoms with Crippen molar-refractivity contribution in [2.24, 2.45) is 0 Å². The van der Waals surface area contributed by atoms with E-state index in [-0.39, 0.29) is 22.7 Å². The Morgan fingerprint density at radius 1 is 1.18 bits per heavy atom. The predicted molar refractivity (Wildman–Crippen MR) is 109 cm³/mol. The molecule has 0 aliphatic rings. The maximum Gasteiger partial charge on any atom is 0.337 e. The lowest BCUT2D eigenvalue weighted by molar-refractivity contribution is -0.117. The van der Waals surface area contributed by atoms with Crippen molar-refractivity contribution in [3.63, 3.8) is 0 Å². The van der Waals surface area contributed by atoms with Crippen LogP contribution in [0.4, 0.5) is 11.4 Å². The van der Waals surface area contributed by atoms with Crippen molar-refractivity contribution >= 4 is 44.9 Å². The summed E-state index contributed by atoms with van der Waals surface area (Å²) in [6, 6.07) is 11.7. The van der Waals surface area contributed by atoms with Gasteiger partial charge in [-0.25, -0.2) is 13.2 Å². The molecule has 0 aliphatic heterocycles. The summed E-state index contributed by atoms with van der Waals surface area (Å²) in [5, 5.41) is 2.83. The summed E-state index contributed by atoms with van der Waals surface area (Å²) >= 11 is 6.12. The van der Waals surface area contributed by atoms with Crippen molar-refractivity contribution < 1.29 is 22.7 Å². The van der Waals surface area contributed by atoms with Crippen LogP contribution < -0.4 is 9.62 Å². The summed E-state index contributed by atoms with van der Waals surface area (Å²) in [5.74, 6) is -1.15. The van der Waals surface area contributed by atoms with Gasteiger partial charge in [0.25, 0.3) is 0 Å². The molecule has 0 aromatic heterocycles. The number of carbonyl (C=O) groups is 2. The Labute approximate surface area is 169 Å². The lowest BCUT2D eigenvalue weighted by Gasteiger charge is -2.30. The third-order valence-corrected chi connectivity index (χ3v) is 5.50. The van der Waals surface area contributed by atoms with Gasteiger partial charge in [-0.1, -0.05) is 36.7 Å². The second-order valence-corrected chi connectivity index (χ2v) is 8.26. The van der Waals surface area contributed by atoms with E-state index in [0.717, 1.165) is 10.6 Å². The number of para-hydroxylation sites is 1. The molecule has 0 bridgehead atoms. The van der Waals surface area contributed by atoms with Crippen LogP contribution in [0.3, 0.4) is 0 Å². The van der Waals surface area contributed by atoms with Crippen molar-refractivity contribution in [2.75, 3.05) is 23.0 Å². The Bertz CT molecular complexity index is 964. The second kappa shape index (κ2) is 9.07. The van der Waals surface area contributed by atoms with Crippen LogP contribution in [0.25, 0.3) is 0 Å². The summed E-state index contributed by atoms with van der Waals surface area (Å²) < 4.78 is 30.5. The van der Waals surface area contributed by atoms with Crippen molar-refractivity contribution in [1.82, 2.24) is 0 Å². The first-order chi connectivity index (χ1) is 13.2. The van der Waals surface area contributed by atoms with Gasteiger partial charge in [0.2, 0.25) is 15.9 Å². The standard InChI is InChI=1S/C19H21ClN2O5S/c1-4-17(22(28(3,25)26)14-8-6-5-7-9-14)18(23)21-16-12-13(19(24)27-2)10-11-15(16)20/h5-12,17H,4H2,1-3H3,(H,21,23)/t17-/m1/s1. The molecule has 2 aromatic rings. The van der Waals surface area contributed by atoms with Crippen molar-refractivity contribution in [3.05, 3.63) is 59.1 Å². The molecule has 0 unspecified atom stereocenters. The fourth-order valence-corrected chi connectivity index (χ4v) is 4.09. The first-order valence-electron chi connectivity index (χ1n) is 8.42. The molecule has 150 valence electrons. The van der Waals surface area contributed by atoms with Crippen LogP contribution in [0.15, 0.2) is 48.5 Å². The first kappa shape index (κ1) is 21.7. The number of ether oxygens (including phenoxy) is 1. The molecule has 0 spiro atoms. The largest absolute Gasteiger partial charge is 0.465 e. The lowest BCUT2D eigenvalue weighted by atomic mass is 10.1. The number of hydrogen-bond acceptors (Lipinski definition) is 5. The molecule has 28 heavy (non-hydrogen) atoms. The van der Waals surface area contributed by atoms with E-state index in [1.54, 1.807) is 37.3 Å². The molecule has 0 radical (unpaired) electrons.